The maximum Gasteiger partial charge on any atom is 0.242 e. The summed E-state index contributed by atoms with van der Waals surface area (Å²) < 4.78 is 8.20. The van der Waals surface area contributed by atoms with E-state index in [2.05, 4.69) is 24.0 Å². The molecule has 0 fully saturated rings. The number of thiophene rings is 1. The summed E-state index contributed by atoms with van der Waals surface area (Å²) in [5.41, 5.74) is 3.53. The quantitative estimate of drug-likeness (QED) is 0.161. The van der Waals surface area contributed by atoms with Crippen molar-refractivity contribution < 1.29 is 9.53 Å². The Morgan fingerprint density at radius 1 is 1.08 bits per heavy atom. The van der Waals surface area contributed by atoms with Crippen molar-refractivity contribution >= 4 is 68.0 Å². The number of rotatable bonds is 7. The minimum absolute atomic E-state index is 0.0346. The summed E-state index contributed by atoms with van der Waals surface area (Å²) in [5, 5.41) is 11.7. The lowest BCUT2D eigenvalue weighted by Crippen LogP contribution is -2.33. The number of carbonyl (C=O) groups excluding carboxylic acids is 1. The largest absolute Gasteiger partial charge is 0.369 e. The molecular formula is C28H27N5O2S3. The number of para-hydroxylation sites is 2. The second-order valence-electron chi connectivity index (χ2n) is 9.38. The fourth-order valence-corrected chi connectivity index (χ4v) is 7.29. The van der Waals surface area contributed by atoms with Crippen LogP contribution in [0.25, 0.3) is 15.9 Å². The van der Waals surface area contributed by atoms with Gasteiger partial charge in [0.2, 0.25) is 5.91 Å². The van der Waals surface area contributed by atoms with Crippen LogP contribution in [-0.4, -0.2) is 43.1 Å². The molecule has 0 bridgehead atoms. The molecular weight excluding hydrogens is 535 g/mol. The molecule has 6 rings (SSSR count). The first-order chi connectivity index (χ1) is 18.5. The molecule has 0 saturated heterocycles. The number of carbonyl (C=O) groups is 1. The Kier molecular flexibility index (Phi) is 6.90. The maximum atomic E-state index is 13.6. The van der Waals surface area contributed by atoms with E-state index in [0.29, 0.717) is 11.8 Å². The fraction of sp³-hybridized carbons (Fsp3) is 0.286. The highest BCUT2D eigenvalue weighted by atomic mass is 32.2. The maximum absolute atomic E-state index is 13.6. The number of nitrogens with zero attached hydrogens (tertiary/aromatic N) is 5. The van der Waals surface area contributed by atoms with Crippen molar-refractivity contribution in [1.82, 2.24) is 19.6 Å². The third-order valence-corrected chi connectivity index (χ3v) is 9.61. The number of ether oxygens (including phenoxy) is 1. The number of thioether (sulfide) groups is 2. The topological polar surface area (TPSA) is 72.6 Å². The SMILES string of the molecule is CC[C@]1(C)Cc2c(sc3nc(SC)n4c(SCC(=O)N(c5ccccc5)c5ccccc5)nnc4c23)CO1. The van der Waals surface area contributed by atoms with Gasteiger partial charge in [-0.3, -0.25) is 9.69 Å². The van der Waals surface area contributed by atoms with Gasteiger partial charge in [0.05, 0.1) is 23.3 Å². The minimum atomic E-state index is -0.196. The molecule has 0 radical (unpaired) electrons. The van der Waals surface area contributed by atoms with E-state index >= 15 is 0 Å². The molecule has 0 saturated carbocycles. The first-order valence-corrected chi connectivity index (χ1v) is 15.5. The van der Waals surface area contributed by atoms with Gasteiger partial charge < -0.3 is 4.74 Å². The highest BCUT2D eigenvalue weighted by Crippen LogP contribution is 2.42. The lowest BCUT2D eigenvalue weighted by molar-refractivity contribution is -0.115. The third kappa shape index (κ3) is 4.49. The summed E-state index contributed by atoms with van der Waals surface area (Å²) in [5.74, 6) is 0.174. The van der Waals surface area contributed by atoms with Gasteiger partial charge in [-0.2, -0.15) is 0 Å². The predicted octanol–water partition coefficient (Wildman–Crippen LogP) is 6.76. The highest BCUT2D eigenvalue weighted by Gasteiger charge is 2.33. The molecule has 194 valence electrons. The van der Waals surface area contributed by atoms with Crippen molar-refractivity contribution in [3.63, 3.8) is 0 Å². The summed E-state index contributed by atoms with van der Waals surface area (Å²) in [7, 11) is 0. The van der Waals surface area contributed by atoms with Crippen LogP contribution in [0, 0.1) is 0 Å². The first kappa shape index (κ1) is 25.4. The first-order valence-electron chi connectivity index (χ1n) is 12.4. The average molecular weight is 562 g/mol. The molecule has 1 aliphatic rings. The molecule has 1 aliphatic heterocycles. The van der Waals surface area contributed by atoms with Crippen LogP contribution in [0.3, 0.4) is 0 Å². The van der Waals surface area contributed by atoms with E-state index in [1.165, 1.54) is 22.2 Å². The second-order valence-corrected chi connectivity index (χ2v) is 12.2. The molecule has 1 amide bonds. The van der Waals surface area contributed by atoms with E-state index in [9.17, 15) is 4.79 Å². The Labute approximate surface area is 233 Å². The Balaban J connectivity index is 1.36. The number of hydrogen-bond donors (Lipinski definition) is 0. The molecule has 0 unspecified atom stereocenters. The summed E-state index contributed by atoms with van der Waals surface area (Å²) in [6, 6.07) is 19.4. The average Bonchev–Trinajstić information content (AvgIpc) is 3.53. The van der Waals surface area contributed by atoms with Gasteiger partial charge in [-0.15, -0.1) is 21.5 Å². The number of hydrogen-bond acceptors (Lipinski definition) is 8. The number of amides is 1. The van der Waals surface area contributed by atoms with Gasteiger partial charge in [-0.05, 0) is 49.4 Å². The zero-order chi connectivity index (χ0) is 26.3. The van der Waals surface area contributed by atoms with Crippen LogP contribution < -0.4 is 4.90 Å². The Morgan fingerprint density at radius 2 is 1.76 bits per heavy atom. The minimum Gasteiger partial charge on any atom is -0.369 e. The molecule has 2 aromatic carbocycles. The van der Waals surface area contributed by atoms with Crippen LogP contribution in [0.15, 0.2) is 71.0 Å². The molecule has 0 spiro atoms. The summed E-state index contributed by atoms with van der Waals surface area (Å²) in [6.07, 6.45) is 3.77. The van der Waals surface area contributed by atoms with Gasteiger partial charge in [-0.1, -0.05) is 66.8 Å². The van der Waals surface area contributed by atoms with Gasteiger partial charge >= 0.3 is 0 Å². The van der Waals surface area contributed by atoms with Crippen molar-refractivity contribution in [2.75, 3.05) is 16.9 Å². The molecule has 0 N–H and O–H groups in total. The number of fused-ring (bicyclic) bond motifs is 5. The van der Waals surface area contributed by atoms with Crippen LogP contribution in [0.5, 0.6) is 0 Å². The smallest absolute Gasteiger partial charge is 0.242 e. The molecule has 38 heavy (non-hydrogen) atoms. The normalized spacial score (nSPS) is 17.1. The zero-order valence-electron chi connectivity index (χ0n) is 21.4. The van der Waals surface area contributed by atoms with Crippen LogP contribution in [0.2, 0.25) is 0 Å². The van der Waals surface area contributed by atoms with E-state index in [1.54, 1.807) is 28.0 Å². The van der Waals surface area contributed by atoms with Crippen molar-refractivity contribution in [2.24, 2.45) is 0 Å². The van der Waals surface area contributed by atoms with Crippen LogP contribution >= 0.6 is 34.9 Å². The Hall–Kier alpha value is -2.92. The number of benzene rings is 2. The van der Waals surface area contributed by atoms with Crippen LogP contribution in [0.1, 0.15) is 30.7 Å². The summed E-state index contributed by atoms with van der Waals surface area (Å²) >= 11 is 4.63. The lowest BCUT2D eigenvalue weighted by Gasteiger charge is -2.33. The van der Waals surface area contributed by atoms with Gasteiger partial charge in [0.15, 0.2) is 16.0 Å². The molecule has 1 atom stereocenters. The molecule has 10 heteroatoms. The van der Waals surface area contributed by atoms with Crippen molar-refractivity contribution in [3.05, 3.63) is 71.1 Å². The van der Waals surface area contributed by atoms with E-state index in [1.807, 2.05) is 71.3 Å². The zero-order valence-corrected chi connectivity index (χ0v) is 23.8. The standard InChI is InChI=1S/C28H27N5O2S3/c1-4-28(2)15-20-21(16-35-28)38-25-23(20)24-30-31-27(33(24)26(29-25)36-3)37-17-22(34)32(18-11-7-5-8-12-18)19-13-9-6-10-14-19/h5-14H,4,15-17H2,1-3H3/t28-/m1/s1. The fourth-order valence-electron chi connectivity index (χ4n) is 4.76. The molecule has 7 nitrogen and oxygen atoms in total. The van der Waals surface area contributed by atoms with Crippen molar-refractivity contribution in [1.29, 1.82) is 0 Å². The lowest BCUT2D eigenvalue weighted by atomic mass is 9.90. The second kappa shape index (κ2) is 10.3. The van der Waals surface area contributed by atoms with E-state index < -0.39 is 0 Å². The van der Waals surface area contributed by atoms with Gasteiger partial charge in [0.25, 0.3) is 0 Å². The summed E-state index contributed by atoms with van der Waals surface area (Å²) in [6.45, 7) is 4.93. The summed E-state index contributed by atoms with van der Waals surface area (Å²) in [4.78, 5) is 22.5. The Bertz CT molecular complexity index is 1580. The highest BCUT2D eigenvalue weighted by molar-refractivity contribution is 8.00. The predicted molar refractivity (Wildman–Crippen MR) is 156 cm³/mol. The van der Waals surface area contributed by atoms with Crippen LogP contribution in [0.4, 0.5) is 11.4 Å². The van der Waals surface area contributed by atoms with Gasteiger partial charge in [-0.25, -0.2) is 9.38 Å². The number of aromatic nitrogens is 4. The van der Waals surface area contributed by atoms with Crippen molar-refractivity contribution in [2.45, 2.75) is 49.2 Å². The molecule has 3 aromatic heterocycles. The molecule has 5 aromatic rings. The number of anilines is 2. The van der Waals surface area contributed by atoms with Gasteiger partial charge in [0.1, 0.15) is 4.83 Å². The van der Waals surface area contributed by atoms with Gasteiger partial charge in [0, 0.05) is 22.7 Å². The third-order valence-electron chi connectivity index (χ3n) is 6.95. The van der Waals surface area contributed by atoms with E-state index in [4.69, 9.17) is 9.72 Å². The monoisotopic (exact) mass is 561 g/mol. The molecule has 0 aliphatic carbocycles. The van der Waals surface area contributed by atoms with Crippen LogP contribution in [-0.2, 0) is 22.6 Å². The Morgan fingerprint density at radius 3 is 2.39 bits per heavy atom. The molecule has 4 heterocycles. The van der Waals surface area contributed by atoms with E-state index in [0.717, 1.165) is 45.2 Å². The van der Waals surface area contributed by atoms with Crippen molar-refractivity contribution in [3.8, 4) is 0 Å². The van der Waals surface area contributed by atoms with E-state index in [-0.39, 0.29) is 17.3 Å².